The number of hydrazine groups is 2. The van der Waals surface area contributed by atoms with Gasteiger partial charge >= 0.3 is 0 Å². The van der Waals surface area contributed by atoms with Gasteiger partial charge in [0.15, 0.2) is 12.0 Å². The van der Waals surface area contributed by atoms with E-state index in [4.69, 9.17) is 9.47 Å². The van der Waals surface area contributed by atoms with Crippen LogP contribution in [0.4, 0.5) is 0 Å². The van der Waals surface area contributed by atoms with E-state index in [-0.39, 0.29) is 12.3 Å². The largest absolute Gasteiger partial charge is 0.379 e. The van der Waals surface area contributed by atoms with Crippen LogP contribution in [0, 0.1) is 0 Å². The third-order valence-corrected chi connectivity index (χ3v) is 7.65. The van der Waals surface area contributed by atoms with Gasteiger partial charge < -0.3 is 14.8 Å². The van der Waals surface area contributed by atoms with Crippen LogP contribution in [0.2, 0.25) is 0 Å². The highest BCUT2D eigenvalue weighted by Gasteiger charge is 2.65. The van der Waals surface area contributed by atoms with Gasteiger partial charge in [0.2, 0.25) is 0 Å². The van der Waals surface area contributed by atoms with Gasteiger partial charge in [-0.2, -0.15) is 5.01 Å². The Morgan fingerprint density at radius 3 is 2.38 bits per heavy atom. The molecule has 5 saturated heterocycles. The minimum absolute atomic E-state index is 0.0837. The molecule has 5 aliphatic rings. The van der Waals surface area contributed by atoms with Crippen molar-refractivity contribution in [2.24, 2.45) is 0 Å². The first-order valence-electron chi connectivity index (χ1n) is 12.4. The standard InChI is InChI=1S/C23H37N7O2/c1-2-6-20(7-3-1)21-18-29(27-13-16-31-17-14-27)23(22-25-9-15-32-22,26-12-8-24-19-26)30(21)28-10-4-5-11-28/h1-3,6-7,21-22,24-25H,4-5,8-19H2. The first-order valence-corrected chi connectivity index (χ1v) is 12.4. The molecule has 9 nitrogen and oxygen atoms in total. The second-order valence-corrected chi connectivity index (χ2v) is 9.39. The molecule has 3 atom stereocenters. The maximum absolute atomic E-state index is 6.50. The summed E-state index contributed by atoms with van der Waals surface area (Å²) in [6.45, 7) is 11.1. The predicted molar refractivity (Wildman–Crippen MR) is 121 cm³/mol. The Balaban J connectivity index is 1.50. The maximum Gasteiger partial charge on any atom is 0.199 e. The number of nitrogens with zero attached hydrogens (tertiary/aromatic N) is 5. The number of nitrogens with one attached hydrogen (secondary N) is 2. The lowest BCUT2D eigenvalue weighted by atomic mass is 10.1. The molecular formula is C23H37N7O2. The molecule has 176 valence electrons. The predicted octanol–water partition coefficient (Wildman–Crippen LogP) is 0.0657. The maximum atomic E-state index is 6.50. The summed E-state index contributed by atoms with van der Waals surface area (Å²) in [4.78, 5) is 2.62. The van der Waals surface area contributed by atoms with Gasteiger partial charge in [-0.1, -0.05) is 30.3 Å². The molecule has 5 heterocycles. The number of hydrogen-bond acceptors (Lipinski definition) is 9. The summed E-state index contributed by atoms with van der Waals surface area (Å²) in [6, 6.07) is 11.3. The van der Waals surface area contributed by atoms with E-state index < -0.39 is 5.79 Å². The van der Waals surface area contributed by atoms with Crippen LogP contribution < -0.4 is 10.6 Å². The minimum Gasteiger partial charge on any atom is -0.379 e. The second kappa shape index (κ2) is 9.25. The fourth-order valence-electron chi connectivity index (χ4n) is 6.28. The zero-order valence-corrected chi connectivity index (χ0v) is 19.0. The molecule has 0 radical (unpaired) electrons. The fourth-order valence-corrected chi connectivity index (χ4v) is 6.28. The van der Waals surface area contributed by atoms with Crippen molar-refractivity contribution in [3.8, 4) is 0 Å². The highest BCUT2D eigenvalue weighted by atomic mass is 16.5. The van der Waals surface area contributed by atoms with Gasteiger partial charge in [0.1, 0.15) is 0 Å². The molecule has 0 bridgehead atoms. The van der Waals surface area contributed by atoms with Gasteiger partial charge in [0.05, 0.1) is 32.5 Å². The molecule has 32 heavy (non-hydrogen) atoms. The molecule has 1 aromatic carbocycles. The number of hydrogen-bond donors (Lipinski definition) is 2. The number of benzene rings is 1. The Hall–Kier alpha value is -1.14. The number of ether oxygens (including phenoxy) is 2. The summed E-state index contributed by atoms with van der Waals surface area (Å²) in [5, 5.41) is 17.9. The summed E-state index contributed by atoms with van der Waals surface area (Å²) in [7, 11) is 0. The highest BCUT2D eigenvalue weighted by molar-refractivity contribution is 5.23. The quantitative estimate of drug-likeness (QED) is 0.658. The Morgan fingerprint density at radius 2 is 1.69 bits per heavy atom. The van der Waals surface area contributed by atoms with E-state index in [0.717, 1.165) is 78.8 Å². The average Bonchev–Trinajstić information content (AvgIpc) is 3.65. The number of rotatable bonds is 5. The SMILES string of the molecule is c1ccc(C2CN(N3CCOCC3)C(C3NCCO3)(N3CCNC3)N2N2CCCC2)cc1. The summed E-state index contributed by atoms with van der Waals surface area (Å²) >= 11 is 0. The molecule has 0 spiro atoms. The molecule has 5 fully saturated rings. The van der Waals surface area contributed by atoms with E-state index in [1.165, 1.54) is 18.4 Å². The molecule has 6 rings (SSSR count). The Morgan fingerprint density at radius 1 is 0.875 bits per heavy atom. The van der Waals surface area contributed by atoms with Gasteiger partial charge in [-0.15, -0.1) is 0 Å². The van der Waals surface area contributed by atoms with Crippen LogP contribution in [0.25, 0.3) is 0 Å². The first kappa shape index (κ1) is 21.4. The Labute approximate surface area is 191 Å². The third-order valence-electron chi connectivity index (χ3n) is 7.65. The van der Waals surface area contributed by atoms with E-state index in [2.05, 4.69) is 65.9 Å². The van der Waals surface area contributed by atoms with Crippen molar-refractivity contribution in [1.82, 2.24) is 35.6 Å². The van der Waals surface area contributed by atoms with Crippen LogP contribution in [0.5, 0.6) is 0 Å². The zero-order valence-electron chi connectivity index (χ0n) is 19.0. The van der Waals surface area contributed by atoms with Crippen molar-refractivity contribution < 1.29 is 9.47 Å². The van der Waals surface area contributed by atoms with Gasteiger partial charge in [-0.25, -0.2) is 15.0 Å². The lowest BCUT2D eigenvalue weighted by molar-refractivity contribution is -0.302. The first-order chi connectivity index (χ1) is 15.9. The van der Waals surface area contributed by atoms with Crippen molar-refractivity contribution in [2.45, 2.75) is 30.9 Å². The van der Waals surface area contributed by atoms with Crippen LogP contribution in [0.1, 0.15) is 24.4 Å². The molecule has 0 aromatic heterocycles. The van der Waals surface area contributed by atoms with E-state index in [1.807, 2.05) is 0 Å². The van der Waals surface area contributed by atoms with Crippen LogP contribution >= 0.6 is 0 Å². The van der Waals surface area contributed by atoms with Crippen molar-refractivity contribution >= 4 is 0 Å². The number of morpholine rings is 1. The molecule has 9 heteroatoms. The van der Waals surface area contributed by atoms with Gasteiger partial charge in [0.25, 0.3) is 0 Å². The van der Waals surface area contributed by atoms with Gasteiger partial charge in [-0.3, -0.25) is 10.2 Å². The fraction of sp³-hybridized carbons (Fsp3) is 0.739. The molecule has 0 aliphatic carbocycles. The molecule has 1 aromatic rings. The molecule has 0 amide bonds. The zero-order chi connectivity index (χ0) is 21.4. The smallest absolute Gasteiger partial charge is 0.199 e. The highest BCUT2D eigenvalue weighted by Crippen LogP contribution is 2.47. The summed E-state index contributed by atoms with van der Waals surface area (Å²) in [5.74, 6) is -0.414. The van der Waals surface area contributed by atoms with E-state index >= 15 is 0 Å². The minimum atomic E-state index is -0.414. The van der Waals surface area contributed by atoms with Crippen molar-refractivity contribution in [3.63, 3.8) is 0 Å². The molecular weight excluding hydrogens is 406 g/mol. The van der Waals surface area contributed by atoms with Crippen LogP contribution in [0.3, 0.4) is 0 Å². The molecule has 5 aliphatic heterocycles. The van der Waals surface area contributed by atoms with Crippen LogP contribution in [-0.2, 0) is 9.47 Å². The van der Waals surface area contributed by atoms with Crippen LogP contribution in [0.15, 0.2) is 30.3 Å². The summed E-state index contributed by atoms with van der Waals surface area (Å²) in [6.07, 6.45) is 2.42. The van der Waals surface area contributed by atoms with Crippen molar-refractivity contribution in [3.05, 3.63) is 35.9 Å². The average molecular weight is 444 g/mol. The van der Waals surface area contributed by atoms with Gasteiger partial charge in [0, 0.05) is 52.4 Å². The van der Waals surface area contributed by atoms with E-state index in [9.17, 15) is 0 Å². The Bertz CT molecular complexity index is 728. The molecule has 0 saturated carbocycles. The third kappa shape index (κ3) is 3.51. The van der Waals surface area contributed by atoms with E-state index in [0.29, 0.717) is 0 Å². The van der Waals surface area contributed by atoms with Crippen molar-refractivity contribution in [1.29, 1.82) is 0 Å². The molecule has 3 unspecified atom stereocenters. The topological polar surface area (TPSA) is 58.7 Å². The molecule has 2 N–H and O–H groups in total. The van der Waals surface area contributed by atoms with Crippen molar-refractivity contribution in [2.75, 3.05) is 78.8 Å². The van der Waals surface area contributed by atoms with E-state index in [1.54, 1.807) is 0 Å². The Kier molecular flexibility index (Phi) is 6.18. The monoisotopic (exact) mass is 443 g/mol. The normalized spacial score (nSPS) is 36.5. The van der Waals surface area contributed by atoms with Crippen LogP contribution in [-0.4, -0.2) is 116 Å². The summed E-state index contributed by atoms with van der Waals surface area (Å²) in [5.41, 5.74) is 1.38. The lowest BCUT2D eigenvalue weighted by Crippen LogP contribution is -2.78. The lowest BCUT2D eigenvalue weighted by Gasteiger charge is -2.56. The van der Waals surface area contributed by atoms with Gasteiger partial charge in [-0.05, 0) is 18.4 Å². The second-order valence-electron chi connectivity index (χ2n) is 9.39. The summed E-state index contributed by atoms with van der Waals surface area (Å²) < 4.78 is 12.3.